The van der Waals surface area contributed by atoms with Crippen molar-refractivity contribution in [2.45, 2.75) is 25.9 Å². The van der Waals surface area contributed by atoms with Crippen LogP contribution < -0.4 is 5.73 Å². The summed E-state index contributed by atoms with van der Waals surface area (Å²) < 4.78 is 5.75. The van der Waals surface area contributed by atoms with Crippen LogP contribution in [0, 0.1) is 0 Å². The molecule has 1 aromatic carbocycles. The maximum atomic E-state index is 11.8. The summed E-state index contributed by atoms with van der Waals surface area (Å²) in [6.45, 7) is 3.61. The van der Waals surface area contributed by atoms with Gasteiger partial charge in [-0.3, -0.25) is 4.79 Å². The van der Waals surface area contributed by atoms with E-state index in [9.17, 15) is 4.79 Å². The second-order valence-electron chi connectivity index (χ2n) is 4.60. The van der Waals surface area contributed by atoms with Gasteiger partial charge in [0.2, 0.25) is 5.91 Å². The van der Waals surface area contributed by atoms with Crippen LogP contribution in [0.5, 0.6) is 0 Å². The molecule has 4 nitrogen and oxygen atoms in total. The second-order valence-corrected chi connectivity index (χ2v) is 4.60. The van der Waals surface area contributed by atoms with E-state index in [1.165, 1.54) is 0 Å². The van der Waals surface area contributed by atoms with Gasteiger partial charge in [0, 0.05) is 12.4 Å². The van der Waals surface area contributed by atoms with E-state index in [1.54, 1.807) is 18.9 Å². The standard InChI is InChI=1S/C14H18N2O2/c1-9(15)14(17)16(3)10(2)13-8-11-6-4-5-7-12(11)18-13/h4-10H,15H2,1-3H3/t9-,10?/m0/s1. The van der Waals surface area contributed by atoms with Gasteiger partial charge in [-0.2, -0.15) is 0 Å². The van der Waals surface area contributed by atoms with Crippen LogP contribution in [0.4, 0.5) is 0 Å². The molecule has 0 aliphatic heterocycles. The number of fused-ring (bicyclic) bond motifs is 1. The molecule has 0 bridgehead atoms. The molecule has 0 radical (unpaired) electrons. The fourth-order valence-corrected chi connectivity index (χ4v) is 1.91. The molecule has 0 spiro atoms. The van der Waals surface area contributed by atoms with Crippen LogP contribution in [0.25, 0.3) is 11.0 Å². The van der Waals surface area contributed by atoms with Gasteiger partial charge in [0.25, 0.3) is 0 Å². The van der Waals surface area contributed by atoms with Gasteiger partial charge in [-0.25, -0.2) is 0 Å². The Bertz CT molecular complexity index is 527. The molecule has 96 valence electrons. The molecule has 0 saturated carbocycles. The Kier molecular flexibility index (Phi) is 3.39. The normalized spacial score (nSPS) is 14.4. The third-order valence-corrected chi connectivity index (χ3v) is 3.17. The summed E-state index contributed by atoms with van der Waals surface area (Å²) in [6, 6.07) is 9.13. The molecular formula is C14H18N2O2. The van der Waals surface area contributed by atoms with E-state index in [-0.39, 0.29) is 11.9 Å². The molecule has 0 saturated heterocycles. The maximum Gasteiger partial charge on any atom is 0.239 e. The minimum atomic E-state index is -0.498. The monoisotopic (exact) mass is 246 g/mol. The van der Waals surface area contributed by atoms with Crippen molar-refractivity contribution in [1.82, 2.24) is 4.90 Å². The average molecular weight is 246 g/mol. The maximum absolute atomic E-state index is 11.8. The summed E-state index contributed by atoms with van der Waals surface area (Å²) in [5.74, 6) is 0.677. The smallest absolute Gasteiger partial charge is 0.239 e. The first kappa shape index (κ1) is 12.6. The van der Waals surface area contributed by atoms with E-state index in [1.807, 2.05) is 37.3 Å². The first-order valence-electron chi connectivity index (χ1n) is 6.01. The van der Waals surface area contributed by atoms with Crippen LogP contribution >= 0.6 is 0 Å². The van der Waals surface area contributed by atoms with Gasteiger partial charge in [-0.05, 0) is 26.0 Å². The summed E-state index contributed by atoms with van der Waals surface area (Å²) in [5.41, 5.74) is 6.44. The Balaban J connectivity index is 2.27. The predicted molar refractivity (Wildman–Crippen MR) is 71.0 cm³/mol. The van der Waals surface area contributed by atoms with Crippen molar-refractivity contribution in [2.75, 3.05) is 7.05 Å². The highest BCUT2D eigenvalue weighted by molar-refractivity contribution is 5.82. The van der Waals surface area contributed by atoms with Gasteiger partial charge < -0.3 is 15.1 Å². The van der Waals surface area contributed by atoms with Gasteiger partial charge in [-0.1, -0.05) is 18.2 Å². The molecule has 0 fully saturated rings. The number of para-hydroxylation sites is 1. The first-order chi connectivity index (χ1) is 8.50. The molecule has 1 heterocycles. The van der Waals surface area contributed by atoms with Crippen molar-refractivity contribution >= 4 is 16.9 Å². The molecule has 1 aromatic heterocycles. The molecule has 2 N–H and O–H groups in total. The third kappa shape index (κ3) is 2.24. The van der Waals surface area contributed by atoms with Gasteiger partial charge in [0.15, 0.2) is 0 Å². The molecule has 0 aliphatic carbocycles. The molecule has 18 heavy (non-hydrogen) atoms. The molecule has 4 heteroatoms. The number of rotatable bonds is 3. The SMILES string of the molecule is CC(c1cc2ccccc2o1)N(C)C(=O)[C@H](C)N. The number of hydrogen-bond acceptors (Lipinski definition) is 3. The Labute approximate surface area is 106 Å². The zero-order valence-corrected chi connectivity index (χ0v) is 10.9. The van der Waals surface area contributed by atoms with Crippen LogP contribution in [0.15, 0.2) is 34.7 Å². The van der Waals surface area contributed by atoms with Crippen LogP contribution in [0.3, 0.4) is 0 Å². The largest absolute Gasteiger partial charge is 0.459 e. The van der Waals surface area contributed by atoms with E-state index in [0.717, 1.165) is 16.7 Å². The summed E-state index contributed by atoms with van der Waals surface area (Å²) in [4.78, 5) is 13.4. The van der Waals surface area contributed by atoms with Crippen LogP contribution in [-0.2, 0) is 4.79 Å². The molecule has 1 unspecified atom stereocenters. The number of hydrogen-bond donors (Lipinski definition) is 1. The number of carbonyl (C=O) groups excluding carboxylic acids is 1. The Hall–Kier alpha value is -1.81. The molecule has 0 aliphatic rings. The van der Waals surface area contributed by atoms with E-state index >= 15 is 0 Å². The minimum absolute atomic E-state index is 0.0945. The van der Waals surface area contributed by atoms with E-state index < -0.39 is 6.04 Å². The third-order valence-electron chi connectivity index (χ3n) is 3.17. The number of benzene rings is 1. The zero-order chi connectivity index (χ0) is 13.3. The van der Waals surface area contributed by atoms with Crippen molar-refractivity contribution in [3.8, 4) is 0 Å². The summed E-state index contributed by atoms with van der Waals surface area (Å²) in [5, 5.41) is 1.04. The highest BCUT2D eigenvalue weighted by atomic mass is 16.3. The first-order valence-corrected chi connectivity index (χ1v) is 6.01. The van der Waals surface area contributed by atoms with Crippen molar-refractivity contribution in [3.05, 3.63) is 36.1 Å². The van der Waals surface area contributed by atoms with Crippen LogP contribution in [0.1, 0.15) is 25.6 Å². The number of furan rings is 1. The van der Waals surface area contributed by atoms with Gasteiger partial charge >= 0.3 is 0 Å². The number of nitrogens with two attached hydrogens (primary N) is 1. The van der Waals surface area contributed by atoms with Crippen molar-refractivity contribution < 1.29 is 9.21 Å². The Morgan fingerprint density at radius 3 is 2.61 bits per heavy atom. The summed E-state index contributed by atoms with van der Waals surface area (Å²) in [6.07, 6.45) is 0. The quantitative estimate of drug-likeness (QED) is 0.904. The fourth-order valence-electron chi connectivity index (χ4n) is 1.91. The lowest BCUT2D eigenvalue weighted by molar-refractivity contribution is -0.133. The topological polar surface area (TPSA) is 59.5 Å². The van der Waals surface area contributed by atoms with Gasteiger partial charge in [-0.15, -0.1) is 0 Å². The minimum Gasteiger partial charge on any atom is -0.459 e. The predicted octanol–water partition coefficient (Wildman–Crippen LogP) is 2.30. The Morgan fingerprint density at radius 2 is 2.00 bits per heavy atom. The fraction of sp³-hybridized carbons (Fsp3) is 0.357. The lowest BCUT2D eigenvalue weighted by Crippen LogP contribution is -2.40. The lowest BCUT2D eigenvalue weighted by Gasteiger charge is -2.24. The number of likely N-dealkylation sites (N-methyl/N-ethyl adjacent to an activating group) is 1. The van der Waals surface area contributed by atoms with Crippen molar-refractivity contribution in [2.24, 2.45) is 5.73 Å². The highest BCUT2D eigenvalue weighted by Gasteiger charge is 2.22. The lowest BCUT2D eigenvalue weighted by atomic mass is 10.2. The molecule has 2 atom stereocenters. The number of nitrogens with zero attached hydrogens (tertiary/aromatic N) is 1. The van der Waals surface area contributed by atoms with Crippen LogP contribution in [0.2, 0.25) is 0 Å². The summed E-state index contributed by atoms with van der Waals surface area (Å²) in [7, 11) is 1.74. The molecule has 2 aromatic rings. The van der Waals surface area contributed by atoms with E-state index in [0.29, 0.717) is 0 Å². The zero-order valence-electron chi connectivity index (χ0n) is 10.9. The van der Waals surface area contributed by atoms with E-state index in [2.05, 4.69) is 0 Å². The van der Waals surface area contributed by atoms with E-state index in [4.69, 9.17) is 10.2 Å². The van der Waals surface area contributed by atoms with Crippen molar-refractivity contribution in [3.63, 3.8) is 0 Å². The van der Waals surface area contributed by atoms with Crippen LogP contribution in [-0.4, -0.2) is 23.9 Å². The Morgan fingerprint density at radius 1 is 1.33 bits per heavy atom. The number of amides is 1. The van der Waals surface area contributed by atoms with Crippen molar-refractivity contribution in [1.29, 1.82) is 0 Å². The molecule has 2 rings (SSSR count). The average Bonchev–Trinajstić information content (AvgIpc) is 2.79. The highest BCUT2D eigenvalue weighted by Crippen LogP contribution is 2.26. The summed E-state index contributed by atoms with van der Waals surface area (Å²) >= 11 is 0. The number of carbonyl (C=O) groups is 1. The molecule has 1 amide bonds. The molecular weight excluding hydrogens is 228 g/mol. The second kappa shape index (κ2) is 4.82. The van der Waals surface area contributed by atoms with Gasteiger partial charge in [0.1, 0.15) is 11.3 Å². The van der Waals surface area contributed by atoms with Gasteiger partial charge in [0.05, 0.1) is 12.1 Å².